The zero-order valence-electron chi connectivity index (χ0n) is 6.50. The molecule has 0 aliphatic rings. The van der Waals surface area contributed by atoms with E-state index < -0.39 is 0 Å². The molecule has 1 heterocycles. The van der Waals surface area contributed by atoms with Gasteiger partial charge in [-0.2, -0.15) is 15.0 Å². The molecule has 0 N–H and O–H groups in total. The van der Waals surface area contributed by atoms with Crippen LogP contribution in [0.3, 0.4) is 0 Å². The molecule has 1 rings (SSSR count). The van der Waals surface area contributed by atoms with Gasteiger partial charge in [-0.25, -0.2) is 0 Å². The van der Waals surface area contributed by atoms with Gasteiger partial charge in [-0.3, -0.25) is 0 Å². The summed E-state index contributed by atoms with van der Waals surface area (Å²) in [4.78, 5) is 10.9. The van der Waals surface area contributed by atoms with Crippen LogP contribution in [-0.2, 0) is 0 Å². The van der Waals surface area contributed by atoms with Crippen LogP contribution in [0.5, 0.6) is 6.01 Å². The summed E-state index contributed by atoms with van der Waals surface area (Å²) in [5.41, 5.74) is 0. The molecule has 1 aromatic heterocycles. The van der Waals surface area contributed by atoms with Gasteiger partial charge in [-0.15, -0.1) is 12.3 Å². The number of hydrogen-bond acceptors (Lipinski definition) is 4. The second-order valence-corrected chi connectivity index (χ2v) is 2.63. The van der Waals surface area contributed by atoms with Crippen molar-refractivity contribution in [2.45, 2.75) is 6.42 Å². The first-order valence-corrected chi connectivity index (χ1v) is 4.11. The minimum absolute atomic E-state index is 0.00397. The van der Waals surface area contributed by atoms with Gasteiger partial charge in [0.15, 0.2) is 0 Å². The predicted octanol–water partition coefficient (Wildman–Crippen LogP) is 1.58. The molecule has 0 fully saturated rings. The number of aromatic nitrogens is 3. The van der Waals surface area contributed by atoms with E-state index in [4.69, 9.17) is 34.4 Å². The van der Waals surface area contributed by atoms with Crippen molar-refractivity contribution in [2.24, 2.45) is 0 Å². The topological polar surface area (TPSA) is 47.9 Å². The third-order valence-corrected chi connectivity index (χ3v) is 1.38. The van der Waals surface area contributed by atoms with Crippen molar-refractivity contribution >= 4 is 23.2 Å². The molecular formula is C7H5Cl2N3O. The molecule has 0 amide bonds. The van der Waals surface area contributed by atoms with Gasteiger partial charge in [0.2, 0.25) is 10.6 Å². The van der Waals surface area contributed by atoms with Crippen molar-refractivity contribution in [3.8, 4) is 18.4 Å². The van der Waals surface area contributed by atoms with Gasteiger partial charge in [-0.1, -0.05) is 0 Å². The number of rotatable bonds is 3. The van der Waals surface area contributed by atoms with Crippen molar-refractivity contribution in [2.75, 3.05) is 6.61 Å². The molecule has 0 unspecified atom stereocenters. The maximum absolute atomic E-state index is 5.50. The van der Waals surface area contributed by atoms with E-state index in [1.54, 1.807) is 0 Å². The molecular weight excluding hydrogens is 213 g/mol. The van der Waals surface area contributed by atoms with E-state index in [1.807, 2.05) is 0 Å². The second kappa shape index (κ2) is 4.85. The van der Waals surface area contributed by atoms with Gasteiger partial charge in [0.05, 0.1) is 0 Å². The molecule has 13 heavy (non-hydrogen) atoms. The molecule has 4 nitrogen and oxygen atoms in total. The zero-order chi connectivity index (χ0) is 9.68. The van der Waals surface area contributed by atoms with E-state index >= 15 is 0 Å². The smallest absolute Gasteiger partial charge is 0.322 e. The van der Waals surface area contributed by atoms with Gasteiger partial charge >= 0.3 is 6.01 Å². The van der Waals surface area contributed by atoms with E-state index in [-0.39, 0.29) is 16.6 Å². The maximum Gasteiger partial charge on any atom is 0.322 e. The van der Waals surface area contributed by atoms with Gasteiger partial charge in [0.25, 0.3) is 0 Å². The lowest BCUT2D eigenvalue weighted by Crippen LogP contribution is -2.01. The number of ether oxygens (including phenoxy) is 1. The van der Waals surface area contributed by atoms with Crippen molar-refractivity contribution in [3.63, 3.8) is 0 Å². The Morgan fingerprint density at radius 3 is 2.38 bits per heavy atom. The predicted molar refractivity (Wildman–Crippen MR) is 48.8 cm³/mol. The highest BCUT2D eigenvalue weighted by molar-refractivity contribution is 6.31. The fraction of sp³-hybridized carbons (Fsp3) is 0.286. The van der Waals surface area contributed by atoms with Crippen LogP contribution in [0.4, 0.5) is 0 Å². The molecule has 68 valence electrons. The first-order valence-electron chi connectivity index (χ1n) is 3.35. The summed E-state index contributed by atoms with van der Waals surface area (Å²) < 4.78 is 5.03. The molecule has 0 spiro atoms. The summed E-state index contributed by atoms with van der Waals surface area (Å²) >= 11 is 11.0. The van der Waals surface area contributed by atoms with Crippen LogP contribution in [0.1, 0.15) is 6.42 Å². The Hall–Kier alpha value is -1.05. The standard InChI is InChI=1S/C7H5Cl2N3O/c1-2-3-4-13-7-11-5(8)10-6(9)12-7/h1H,3-4H2. The summed E-state index contributed by atoms with van der Waals surface area (Å²) in [6, 6.07) is 0.0836. The highest BCUT2D eigenvalue weighted by atomic mass is 35.5. The normalized spacial score (nSPS) is 9.31. The van der Waals surface area contributed by atoms with Crippen LogP contribution >= 0.6 is 23.2 Å². The number of nitrogens with zero attached hydrogens (tertiary/aromatic N) is 3. The summed E-state index contributed by atoms with van der Waals surface area (Å²) in [7, 11) is 0. The largest absolute Gasteiger partial charge is 0.462 e. The minimum atomic E-state index is -0.00397. The molecule has 0 aromatic carbocycles. The van der Waals surface area contributed by atoms with Gasteiger partial charge in [0.1, 0.15) is 6.61 Å². The molecule has 0 saturated heterocycles. The molecule has 0 aliphatic carbocycles. The SMILES string of the molecule is C#CCCOc1nc(Cl)nc(Cl)n1. The first kappa shape index (κ1) is 10.0. The average Bonchev–Trinajstić information content (AvgIpc) is 2.03. The van der Waals surface area contributed by atoms with Gasteiger partial charge < -0.3 is 4.74 Å². The van der Waals surface area contributed by atoms with Crippen LogP contribution in [0.2, 0.25) is 10.6 Å². The third-order valence-electron chi connectivity index (χ3n) is 1.04. The summed E-state index contributed by atoms with van der Waals surface area (Å²) in [6.07, 6.45) is 5.49. The average molecular weight is 218 g/mol. The summed E-state index contributed by atoms with van der Waals surface area (Å²) in [5, 5.41) is -0.00795. The molecule has 0 saturated carbocycles. The van der Waals surface area contributed by atoms with E-state index in [0.29, 0.717) is 13.0 Å². The third kappa shape index (κ3) is 3.45. The molecule has 0 aliphatic heterocycles. The lowest BCUT2D eigenvalue weighted by Gasteiger charge is -2.00. The zero-order valence-corrected chi connectivity index (χ0v) is 8.01. The molecule has 6 heteroatoms. The van der Waals surface area contributed by atoms with E-state index in [1.165, 1.54) is 0 Å². The second-order valence-electron chi connectivity index (χ2n) is 1.96. The van der Waals surface area contributed by atoms with Gasteiger partial charge in [-0.05, 0) is 23.2 Å². The molecule has 0 radical (unpaired) electrons. The van der Waals surface area contributed by atoms with Crippen LogP contribution in [0, 0.1) is 12.3 Å². The van der Waals surface area contributed by atoms with Gasteiger partial charge in [0, 0.05) is 6.42 Å². The van der Waals surface area contributed by atoms with Crippen LogP contribution in [0.15, 0.2) is 0 Å². The van der Waals surface area contributed by atoms with E-state index in [0.717, 1.165) is 0 Å². The minimum Gasteiger partial charge on any atom is -0.462 e. The Morgan fingerprint density at radius 2 is 1.85 bits per heavy atom. The van der Waals surface area contributed by atoms with Crippen molar-refractivity contribution in [1.29, 1.82) is 0 Å². The lowest BCUT2D eigenvalue weighted by atomic mass is 10.5. The van der Waals surface area contributed by atoms with Crippen LogP contribution < -0.4 is 4.74 Å². The van der Waals surface area contributed by atoms with Crippen molar-refractivity contribution in [3.05, 3.63) is 10.6 Å². The Bertz CT molecular complexity index is 317. The Morgan fingerprint density at radius 1 is 1.23 bits per heavy atom. The molecule has 1 aromatic rings. The molecule has 0 atom stereocenters. The van der Waals surface area contributed by atoms with Crippen molar-refractivity contribution in [1.82, 2.24) is 15.0 Å². The summed E-state index contributed by atoms with van der Waals surface area (Å²) in [5.74, 6) is 2.41. The first-order chi connectivity index (χ1) is 6.22. The molecule has 0 bridgehead atoms. The summed E-state index contributed by atoms with van der Waals surface area (Å²) in [6.45, 7) is 0.327. The quantitative estimate of drug-likeness (QED) is 0.570. The number of terminal acetylenes is 1. The highest BCUT2D eigenvalue weighted by Crippen LogP contribution is 2.11. The van der Waals surface area contributed by atoms with Crippen LogP contribution in [-0.4, -0.2) is 21.6 Å². The highest BCUT2D eigenvalue weighted by Gasteiger charge is 2.02. The van der Waals surface area contributed by atoms with E-state index in [9.17, 15) is 0 Å². The maximum atomic E-state index is 5.50. The monoisotopic (exact) mass is 217 g/mol. The lowest BCUT2D eigenvalue weighted by molar-refractivity contribution is 0.300. The number of halogens is 2. The van der Waals surface area contributed by atoms with E-state index in [2.05, 4.69) is 20.9 Å². The Labute approximate surface area is 85.3 Å². The fourth-order valence-corrected chi connectivity index (χ4v) is 0.923. The van der Waals surface area contributed by atoms with Crippen LogP contribution in [0.25, 0.3) is 0 Å². The fourth-order valence-electron chi connectivity index (χ4n) is 0.575. The Kier molecular flexibility index (Phi) is 3.74. The van der Waals surface area contributed by atoms with Crippen molar-refractivity contribution < 1.29 is 4.74 Å². The number of hydrogen-bond donors (Lipinski definition) is 0. The Balaban J connectivity index is 2.62.